The third kappa shape index (κ3) is 3.66. The topological polar surface area (TPSA) is 46.9 Å². The molecule has 4 nitrogen and oxygen atoms in total. The molecule has 4 heteroatoms. The number of carbonyl (C=O) groups is 1. The van der Waals surface area contributed by atoms with Crippen molar-refractivity contribution < 1.29 is 4.79 Å². The second-order valence-corrected chi connectivity index (χ2v) is 5.63. The minimum absolute atomic E-state index is 0.144. The number of carbonyl (C=O) groups excluding carboxylic acids is 1. The van der Waals surface area contributed by atoms with Crippen molar-refractivity contribution >= 4 is 11.7 Å². The van der Waals surface area contributed by atoms with Crippen LogP contribution in [-0.2, 0) is 6.54 Å². The molecule has 0 aliphatic rings. The SMILES string of the molecule is Cc1ccc(C(=O)Nc2cc(C)n(Cc3ccccc3)n2)cc1. The standard InChI is InChI=1S/C19H19N3O/c1-14-8-10-17(11-9-14)19(23)20-18-12-15(2)22(21-18)13-16-6-4-3-5-7-16/h3-12H,13H2,1-2H3,(H,20,21,23). The van der Waals surface area contributed by atoms with Crippen LogP contribution in [-0.4, -0.2) is 15.7 Å². The van der Waals surface area contributed by atoms with E-state index < -0.39 is 0 Å². The lowest BCUT2D eigenvalue weighted by molar-refractivity contribution is 0.102. The van der Waals surface area contributed by atoms with Crippen LogP contribution in [0, 0.1) is 13.8 Å². The van der Waals surface area contributed by atoms with Crippen molar-refractivity contribution in [2.45, 2.75) is 20.4 Å². The predicted octanol–water partition coefficient (Wildman–Crippen LogP) is 3.80. The highest BCUT2D eigenvalue weighted by atomic mass is 16.1. The number of rotatable bonds is 4. The molecule has 0 saturated carbocycles. The Balaban J connectivity index is 1.73. The summed E-state index contributed by atoms with van der Waals surface area (Å²) in [4.78, 5) is 12.2. The van der Waals surface area contributed by atoms with Crippen LogP contribution in [0.1, 0.15) is 27.2 Å². The zero-order chi connectivity index (χ0) is 16.2. The van der Waals surface area contributed by atoms with Gasteiger partial charge in [0.1, 0.15) is 0 Å². The van der Waals surface area contributed by atoms with Crippen molar-refractivity contribution in [1.29, 1.82) is 0 Å². The summed E-state index contributed by atoms with van der Waals surface area (Å²) in [6, 6.07) is 19.5. The van der Waals surface area contributed by atoms with E-state index in [9.17, 15) is 4.79 Å². The fraction of sp³-hybridized carbons (Fsp3) is 0.158. The van der Waals surface area contributed by atoms with Crippen molar-refractivity contribution in [2.24, 2.45) is 0 Å². The maximum atomic E-state index is 12.2. The second-order valence-electron chi connectivity index (χ2n) is 5.63. The van der Waals surface area contributed by atoms with Gasteiger partial charge in [0.2, 0.25) is 0 Å². The Labute approximate surface area is 135 Å². The average molecular weight is 305 g/mol. The van der Waals surface area contributed by atoms with Crippen LogP contribution in [0.15, 0.2) is 60.7 Å². The van der Waals surface area contributed by atoms with Gasteiger partial charge in [0.25, 0.3) is 5.91 Å². The van der Waals surface area contributed by atoms with Crippen LogP contribution in [0.2, 0.25) is 0 Å². The van der Waals surface area contributed by atoms with E-state index in [0.29, 0.717) is 17.9 Å². The van der Waals surface area contributed by atoms with Crippen molar-refractivity contribution in [2.75, 3.05) is 5.32 Å². The number of aryl methyl sites for hydroxylation is 2. The summed E-state index contributed by atoms with van der Waals surface area (Å²) in [6.07, 6.45) is 0. The van der Waals surface area contributed by atoms with Gasteiger partial charge in [-0.3, -0.25) is 9.48 Å². The van der Waals surface area contributed by atoms with Gasteiger partial charge in [0.15, 0.2) is 5.82 Å². The van der Waals surface area contributed by atoms with Crippen LogP contribution in [0.25, 0.3) is 0 Å². The molecular weight excluding hydrogens is 286 g/mol. The van der Waals surface area contributed by atoms with E-state index in [1.807, 2.05) is 67.1 Å². The smallest absolute Gasteiger partial charge is 0.256 e. The summed E-state index contributed by atoms with van der Waals surface area (Å²) in [5.41, 5.74) is 3.94. The van der Waals surface area contributed by atoms with E-state index in [1.165, 1.54) is 5.56 Å². The van der Waals surface area contributed by atoms with Crippen LogP contribution >= 0.6 is 0 Å². The van der Waals surface area contributed by atoms with E-state index in [-0.39, 0.29) is 5.91 Å². The third-order valence-corrected chi connectivity index (χ3v) is 3.71. The van der Waals surface area contributed by atoms with E-state index in [0.717, 1.165) is 11.3 Å². The molecular formula is C19H19N3O. The second kappa shape index (κ2) is 6.48. The highest BCUT2D eigenvalue weighted by molar-refractivity contribution is 6.03. The minimum atomic E-state index is -0.144. The lowest BCUT2D eigenvalue weighted by atomic mass is 10.1. The Morgan fingerprint density at radius 1 is 1.04 bits per heavy atom. The summed E-state index contributed by atoms with van der Waals surface area (Å²) >= 11 is 0. The first-order valence-electron chi connectivity index (χ1n) is 7.58. The first-order valence-corrected chi connectivity index (χ1v) is 7.58. The number of benzene rings is 2. The van der Waals surface area contributed by atoms with Crippen LogP contribution in [0.4, 0.5) is 5.82 Å². The van der Waals surface area contributed by atoms with Gasteiger partial charge in [-0.15, -0.1) is 0 Å². The van der Waals surface area contributed by atoms with Gasteiger partial charge in [-0.05, 0) is 31.5 Å². The number of anilines is 1. The molecule has 1 heterocycles. The first-order chi connectivity index (χ1) is 11.1. The van der Waals surface area contributed by atoms with Gasteiger partial charge in [-0.2, -0.15) is 5.10 Å². The summed E-state index contributed by atoms with van der Waals surface area (Å²) in [6.45, 7) is 4.67. The van der Waals surface area contributed by atoms with Gasteiger partial charge in [0, 0.05) is 17.3 Å². The molecule has 0 radical (unpaired) electrons. The molecule has 0 bridgehead atoms. The molecule has 3 rings (SSSR count). The molecule has 23 heavy (non-hydrogen) atoms. The molecule has 0 saturated heterocycles. The van der Waals surface area contributed by atoms with Crippen LogP contribution < -0.4 is 5.32 Å². The molecule has 0 aliphatic carbocycles. The normalized spacial score (nSPS) is 10.5. The van der Waals surface area contributed by atoms with Crippen LogP contribution in [0.5, 0.6) is 0 Å². The molecule has 0 unspecified atom stereocenters. The van der Waals surface area contributed by atoms with E-state index >= 15 is 0 Å². The Bertz CT molecular complexity index is 804. The fourth-order valence-electron chi connectivity index (χ4n) is 2.38. The molecule has 116 valence electrons. The largest absolute Gasteiger partial charge is 0.305 e. The number of hydrogen-bond acceptors (Lipinski definition) is 2. The first kappa shape index (κ1) is 15.0. The quantitative estimate of drug-likeness (QED) is 0.797. The molecule has 0 spiro atoms. The Hall–Kier alpha value is -2.88. The summed E-state index contributed by atoms with van der Waals surface area (Å²) in [7, 11) is 0. The number of nitrogens with one attached hydrogen (secondary N) is 1. The lowest BCUT2D eigenvalue weighted by Gasteiger charge is -2.04. The number of amides is 1. The molecule has 1 aromatic heterocycles. The van der Waals surface area contributed by atoms with Gasteiger partial charge < -0.3 is 5.32 Å². The Kier molecular flexibility index (Phi) is 4.24. The lowest BCUT2D eigenvalue weighted by Crippen LogP contribution is -2.12. The Morgan fingerprint density at radius 2 is 1.74 bits per heavy atom. The van der Waals surface area contributed by atoms with Gasteiger partial charge >= 0.3 is 0 Å². The molecule has 1 N–H and O–H groups in total. The molecule has 3 aromatic rings. The molecule has 1 amide bonds. The third-order valence-electron chi connectivity index (χ3n) is 3.71. The van der Waals surface area contributed by atoms with Crippen molar-refractivity contribution in [3.63, 3.8) is 0 Å². The highest BCUT2D eigenvalue weighted by Gasteiger charge is 2.10. The molecule has 0 atom stereocenters. The van der Waals surface area contributed by atoms with E-state index in [2.05, 4.69) is 22.5 Å². The number of nitrogens with zero attached hydrogens (tertiary/aromatic N) is 2. The van der Waals surface area contributed by atoms with E-state index in [4.69, 9.17) is 0 Å². The zero-order valence-corrected chi connectivity index (χ0v) is 13.3. The van der Waals surface area contributed by atoms with Gasteiger partial charge in [-0.25, -0.2) is 0 Å². The summed E-state index contributed by atoms with van der Waals surface area (Å²) in [5.74, 6) is 0.429. The van der Waals surface area contributed by atoms with Gasteiger partial charge in [-0.1, -0.05) is 48.0 Å². The highest BCUT2D eigenvalue weighted by Crippen LogP contribution is 2.13. The van der Waals surface area contributed by atoms with Crippen molar-refractivity contribution in [1.82, 2.24) is 9.78 Å². The van der Waals surface area contributed by atoms with E-state index in [1.54, 1.807) is 0 Å². The average Bonchev–Trinajstić information content (AvgIpc) is 2.88. The molecule has 0 aliphatic heterocycles. The van der Waals surface area contributed by atoms with Gasteiger partial charge in [0.05, 0.1) is 6.54 Å². The predicted molar refractivity (Wildman–Crippen MR) is 91.6 cm³/mol. The fourth-order valence-corrected chi connectivity index (χ4v) is 2.38. The van der Waals surface area contributed by atoms with Crippen molar-refractivity contribution in [3.05, 3.63) is 83.0 Å². The zero-order valence-electron chi connectivity index (χ0n) is 13.3. The number of hydrogen-bond donors (Lipinski definition) is 1. The summed E-state index contributed by atoms with van der Waals surface area (Å²) < 4.78 is 1.89. The molecule has 2 aromatic carbocycles. The maximum absolute atomic E-state index is 12.2. The number of aromatic nitrogens is 2. The monoisotopic (exact) mass is 305 g/mol. The maximum Gasteiger partial charge on any atom is 0.256 e. The van der Waals surface area contributed by atoms with Crippen molar-refractivity contribution in [3.8, 4) is 0 Å². The van der Waals surface area contributed by atoms with Crippen LogP contribution in [0.3, 0.4) is 0 Å². The minimum Gasteiger partial charge on any atom is -0.305 e. The Morgan fingerprint density at radius 3 is 2.43 bits per heavy atom. The summed E-state index contributed by atoms with van der Waals surface area (Å²) in [5, 5.41) is 7.33. The molecule has 0 fully saturated rings.